The van der Waals surface area contributed by atoms with Crippen LogP contribution in [0.3, 0.4) is 0 Å². The Morgan fingerprint density at radius 1 is 1.35 bits per heavy atom. The molecule has 1 aliphatic carbocycles. The van der Waals surface area contributed by atoms with Crippen LogP contribution in [0.4, 0.5) is 0 Å². The summed E-state index contributed by atoms with van der Waals surface area (Å²) >= 11 is 0. The van der Waals surface area contributed by atoms with Crippen LogP contribution in [0.15, 0.2) is 11.8 Å². The molecule has 0 aromatic rings. The first-order chi connectivity index (χ1) is 9.53. The normalized spacial score (nSPS) is 26.5. The zero-order chi connectivity index (χ0) is 14.6. The minimum absolute atomic E-state index is 0.0684. The van der Waals surface area contributed by atoms with Gasteiger partial charge in [-0.15, -0.1) is 0 Å². The molecule has 0 amide bonds. The number of rotatable bonds is 5. The fraction of sp³-hybridized carbons (Fsp3) is 0.875. The van der Waals surface area contributed by atoms with Crippen molar-refractivity contribution in [3.05, 3.63) is 11.8 Å². The molecule has 0 aromatic carbocycles. The van der Waals surface area contributed by atoms with Crippen molar-refractivity contribution in [1.29, 1.82) is 0 Å². The van der Waals surface area contributed by atoms with Gasteiger partial charge in [0.25, 0.3) is 0 Å². The Hall–Kier alpha value is -0.580. The summed E-state index contributed by atoms with van der Waals surface area (Å²) in [5.41, 5.74) is 4.52. The highest BCUT2D eigenvalue weighted by molar-refractivity contribution is 5.18. The maximum atomic E-state index is 6.23. The van der Waals surface area contributed by atoms with E-state index in [1.165, 1.54) is 18.4 Å². The van der Waals surface area contributed by atoms with Crippen LogP contribution in [0.5, 0.6) is 0 Å². The molecular formula is C16H30N2O2. The Bertz CT molecular complexity index is 342. The number of nitrogens with one attached hydrogen (secondary N) is 1. The highest BCUT2D eigenvalue weighted by Crippen LogP contribution is 2.45. The van der Waals surface area contributed by atoms with Gasteiger partial charge in [-0.3, -0.25) is 11.3 Å². The number of hydrogen-bond acceptors (Lipinski definition) is 4. The lowest BCUT2D eigenvalue weighted by Crippen LogP contribution is -2.58. The summed E-state index contributed by atoms with van der Waals surface area (Å²) in [5.74, 6) is 5.89. The summed E-state index contributed by atoms with van der Waals surface area (Å²) < 4.78 is 11.7. The molecule has 2 aliphatic rings. The fourth-order valence-corrected chi connectivity index (χ4v) is 3.55. The average Bonchev–Trinajstić information content (AvgIpc) is 2.44. The SMILES string of the molecule is CCOC1(C(NN)C2=COCCC2)CCC(C)(C)CC1. The molecule has 1 heterocycles. The summed E-state index contributed by atoms with van der Waals surface area (Å²) in [5, 5.41) is 0. The molecule has 4 nitrogen and oxygen atoms in total. The first kappa shape index (κ1) is 15.8. The van der Waals surface area contributed by atoms with Crippen molar-refractivity contribution < 1.29 is 9.47 Å². The molecule has 1 saturated carbocycles. The Labute approximate surface area is 123 Å². The summed E-state index contributed by atoms with van der Waals surface area (Å²) in [6, 6.07) is 0.0684. The van der Waals surface area contributed by atoms with Gasteiger partial charge in [0.15, 0.2) is 0 Å². The molecule has 116 valence electrons. The van der Waals surface area contributed by atoms with Crippen LogP contribution in [0.2, 0.25) is 0 Å². The molecule has 2 rings (SSSR count). The molecule has 4 heteroatoms. The van der Waals surface area contributed by atoms with E-state index in [1.807, 2.05) is 6.26 Å². The van der Waals surface area contributed by atoms with Crippen molar-refractivity contribution in [1.82, 2.24) is 5.43 Å². The second-order valence-corrected chi connectivity index (χ2v) is 6.93. The van der Waals surface area contributed by atoms with Crippen molar-refractivity contribution in [2.75, 3.05) is 13.2 Å². The second-order valence-electron chi connectivity index (χ2n) is 6.93. The van der Waals surface area contributed by atoms with Gasteiger partial charge in [0.1, 0.15) is 0 Å². The smallest absolute Gasteiger partial charge is 0.0887 e. The van der Waals surface area contributed by atoms with Gasteiger partial charge in [-0.25, -0.2) is 0 Å². The lowest BCUT2D eigenvalue weighted by Gasteiger charge is -2.48. The van der Waals surface area contributed by atoms with Crippen LogP contribution in [0, 0.1) is 5.41 Å². The van der Waals surface area contributed by atoms with E-state index < -0.39 is 0 Å². The van der Waals surface area contributed by atoms with Crippen LogP contribution in [0.1, 0.15) is 59.3 Å². The third-order valence-corrected chi connectivity index (χ3v) is 4.91. The molecule has 1 unspecified atom stereocenters. The van der Waals surface area contributed by atoms with E-state index in [-0.39, 0.29) is 11.6 Å². The van der Waals surface area contributed by atoms with Crippen LogP contribution in [0.25, 0.3) is 0 Å². The number of hydrogen-bond donors (Lipinski definition) is 2. The second kappa shape index (κ2) is 6.46. The molecule has 0 aromatic heterocycles. The molecule has 1 fully saturated rings. The van der Waals surface area contributed by atoms with Crippen molar-refractivity contribution >= 4 is 0 Å². The van der Waals surface area contributed by atoms with Gasteiger partial charge < -0.3 is 9.47 Å². The third-order valence-electron chi connectivity index (χ3n) is 4.91. The predicted molar refractivity (Wildman–Crippen MR) is 81.0 cm³/mol. The van der Waals surface area contributed by atoms with Crippen molar-refractivity contribution in [2.24, 2.45) is 11.3 Å². The van der Waals surface area contributed by atoms with Gasteiger partial charge in [-0.2, -0.15) is 0 Å². The van der Waals surface area contributed by atoms with Gasteiger partial charge in [-0.05, 0) is 56.4 Å². The molecule has 0 spiro atoms. The lowest BCUT2D eigenvalue weighted by atomic mass is 9.67. The topological polar surface area (TPSA) is 56.5 Å². The molecule has 3 N–H and O–H groups in total. The monoisotopic (exact) mass is 282 g/mol. The molecule has 0 radical (unpaired) electrons. The summed E-state index contributed by atoms with van der Waals surface area (Å²) in [6.45, 7) is 8.30. The fourth-order valence-electron chi connectivity index (χ4n) is 3.55. The molecular weight excluding hydrogens is 252 g/mol. The first-order valence-electron chi connectivity index (χ1n) is 7.94. The summed E-state index contributed by atoms with van der Waals surface area (Å²) in [7, 11) is 0. The largest absolute Gasteiger partial charge is 0.501 e. The molecule has 0 saturated heterocycles. The van der Waals surface area contributed by atoms with E-state index in [0.717, 1.165) is 38.9 Å². The van der Waals surface area contributed by atoms with Crippen molar-refractivity contribution in [3.8, 4) is 0 Å². The highest BCUT2D eigenvalue weighted by atomic mass is 16.5. The summed E-state index contributed by atoms with van der Waals surface area (Å²) in [6.07, 6.45) is 8.48. The van der Waals surface area contributed by atoms with E-state index >= 15 is 0 Å². The molecule has 20 heavy (non-hydrogen) atoms. The average molecular weight is 282 g/mol. The van der Waals surface area contributed by atoms with Crippen molar-refractivity contribution in [3.63, 3.8) is 0 Å². The Balaban J connectivity index is 2.19. The van der Waals surface area contributed by atoms with Crippen LogP contribution in [-0.2, 0) is 9.47 Å². The number of nitrogens with two attached hydrogens (primary N) is 1. The standard InChI is InChI=1S/C16H30N2O2/c1-4-20-16(9-7-15(2,3)8-10-16)14(18-17)13-6-5-11-19-12-13/h12,14,18H,4-11,17H2,1-3H3. The van der Waals surface area contributed by atoms with E-state index in [0.29, 0.717) is 5.41 Å². The molecule has 1 aliphatic heterocycles. The van der Waals surface area contributed by atoms with Crippen LogP contribution in [-0.4, -0.2) is 24.9 Å². The predicted octanol–water partition coefficient (Wildman–Crippen LogP) is 2.89. The Morgan fingerprint density at radius 3 is 2.55 bits per heavy atom. The van der Waals surface area contributed by atoms with Gasteiger partial charge in [0.05, 0.1) is 24.5 Å². The minimum Gasteiger partial charge on any atom is -0.501 e. The lowest BCUT2D eigenvalue weighted by molar-refractivity contribution is -0.100. The van der Waals surface area contributed by atoms with Crippen LogP contribution >= 0.6 is 0 Å². The molecule has 1 atom stereocenters. The molecule has 0 bridgehead atoms. The maximum absolute atomic E-state index is 6.23. The van der Waals surface area contributed by atoms with E-state index in [1.54, 1.807) is 0 Å². The van der Waals surface area contributed by atoms with Gasteiger partial charge in [0, 0.05) is 6.61 Å². The first-order valence-corrected chi connectivity index (χ1v) is 7.94. The highest BCUT2D eigenvalue weighted by Gasteiger charge is 2.46. The van der Waals surface area contributed by atoms with Gasteiger partial charge in [0.2, 0.25) is 0 Å². The maximum Gasteiger partial charge on any atom is 0.0887 e. The van der Waals surface area contributed by atoms with Gasteiger partial charge >= 0.3 is 0 Å². The van der Waals surface area contributed by atoms with Gasteiger partial charge in [-0.1, -0.05) is 13.8 Å². The Morgan fingerprint density at radius 2 is 2.05 bits per heavy atom. The summed E-state index contributed by atoms with van der Waals surface area (Å²) in [4.78, 5) is 0. The Kier molecular flexibility index (Phi) is 5.10. The van der Waals surface area contributed by atoms with Crippen LogP contribution < -0.4 is 11.3 Å². The quantitative estimate of drug-likeness (QED) is 0.601. The zero-order valence-corrected chi connectivity index (χ0v) is 13.2. The van der Waals surface area contributed by atoms with E-state index in [2.05, 4.69) is 26.2 Å². The number of ether oxygens (including phenoxy) is 2. The van der Waals surface area contributed by atoms with E-state index in [9.17, 15) is 0 Å². The zero-order valence-electron chi connectivity index (χ0n) is 13.2. The minimum atomic E-state index is -0.175. The van der Waals surface area contributed by atoms with Crippen molar-refractivity contribution in [2.45, 2.75) is 70.9 Å². The number of hydrazine groups is 1. The third kappa shape index (κ3) is 3.35. The van der Waals surface area contributed by atoms with E-state index in [4.69, 9.17) is 15.3 Å².